The number of hydrogen-bond donors (Lipinski definition) is 1. The molecule has 1 N–H and O–H groups in total. The Kier molecular flexibility index (Phi) is 3.28. The van der Waals surface area contributed by atoms with Crippen LogP contribution in [0.4, 0.5) is 5.82 Å². The molecule has 6 nitrogen and oxygen atoms in total. The molecule has 0 saturated carbocycles. The van der Waals surface area contributed by atoms with Crippen molar-refractivity contribution in [2.75, 3.05) is 11.9 Å². The number of rotatable bonds is 3. The summed E-state index contributed by atoms with van der Waals surface area (Å²) in [6.07, 6.45) is 0. The molecule has 0 aliphatic heterocycles. The maximum absolute atomic E-state index is 11.6. The molecule has 0 aliphatic rings. The number of nitrogens with one attached hydrogen (secondary N) is 1. The number of aryl methyl sites for hydroxylation is 1. The van der Waals surface area contributed by atoms with Gasteiger partial charge in [-0.05, 0) is 5.92 Å². The molecule has 1 aromatic heterocycles. The van der Waals surface area contributed by atoms with Gasteiger partial charge in [0.05, 0.1) is 0 Å². The molecule has 15 heavy (non-hydrogen) atoms. The molecule has 0 fully saturated rings. The van der Waals surface area contributed by atoms with Crippen LogP contribution in [0.25, 0.3) is 0 Å². The molecule has 0 amide bonds. The van der Waals surface area contributed by atoms with E-state index in [-0.39, 0.29) is 5.82 Å². The molecule has 0 saturated heterocycles. The third-order valence-electron chi connectivity index (χ3n) is 2.00. The van der Waals surface area contributed by atoms with E-state index in [1.165, 1.54) is 14.1 Å². The van der Waals surface area contributed by atoms with E-state index in [0.717, 1.165) is 9.25 Å². The van der Waals surface area contributed by atoms with Crippen molar-refractivity contribution in [3.63, 3.8) is 0 Å². The molecular weight excluding hydrogens is 196 g/mol. The molecule has 0 radical (unpaired) electrons. The highest BCUT2D eigenvalue weighted by atomic mass is 16.2. The molecule has 84 valence electrons. The zero-order valence-corrected chi connectivity index (χ0v) is 9.44. The fourth-order valence-corrected chi connectivity index (χ4v) is 1.11. The minimum absolute atomic E-state index is 0.216. The maximum Gasteiger partial charge on any atom is 0.346 e. The molecule has 0 atom stereocenters. The van der Waals surface area contributed by atoms with E-state index >= 15 is 0 Å². The molecule has 6 heteroatoms. The summed E-state index contributed by atoms with van der Waals surface area (Å²) in [6.45, 7) is 4.71. The average molecular weight is 212 g/mol. The van der Waals surface area contributed by atoms with Crippen molar-refractivity contribution in [3.8, 4) is 0 Å². The summed E-state index contributed by atoms with van der Waals surface area (Å²) in [6, 6.07) is 0. The molecule has 1 aromatic rings. The smallest absolute Gasteiger partial charge is 0.346 e. The van der Waals surface area contributed by atoms with E-state index in [0.29, 0.717) is 12.5 Å². The lowest BCUT2D eigenvalue weighted by molar-refractivity contribution is 0.598. The lowest BCUT2D eigenvalue weighted by atomic mass is 10.2. The molecule has 1 heterocycles. The van der Waals surface area contributed by atoms with E-state index in [9.17, 15) is 9.59 Å². The minimum Gasteiger partial charge on any atom is -0.364 e. The summed E-state index contributed by atoms with van der Waals surface area (Å²) in [5.41, 5.74) is -0.811. The first-order valence-corrected chi connectivity index (χ1v) is 4.81. The van der Waals surface area contributed by atoms with Gasteiger partial charge in [0, 0.05) is 20.6 Å². The van der Waals surface area contributed by atoms with Gasteiger partial charge in [-0.3, -0.25) is 9.36 Å². The Labute approximate surface area is 87.5 Å². The monoisotopic (exact) mass is 212 g/mol. The highest BCUT2D eigenvalue weighted by Gasteiger charge is 2.07. The summed E-state index contributed by atoms with van der Waals surface area (Å²) >= 11 is 0. The van der Waals surface area contributed by atoms with Crippen molar-refractivity contribution in [1.29, 1.82) is 0 Å². The van der Waals surface area contributed by atoms with Gasteiger partial charge in [0.15, 0.2) is 0 Å². The van der Waals surface area contributed by atoms with Gasteiger partial charge < -0.3 is 5.32 Å². The van der Waals surface area contributed by atoms with E-state index < -0.39 is 11.2 Å². The lowest BCUT2D eigenvalue weighted by Crippen LogP contribution is -2.40. The second-order valence-electron chi connectivity index (χ2n) is 3.89. The third kappa shape index (κ3) is 2.45. The number of aromatic nitrogens is 3. The first kappa shape index (κ1) is 11.5. The Morgan fingerprint density at radius 3 is 2.47 bits per heavy atom. The quantitative estimate of drug-likeness (QED) is 0.736. The summed E-state index contributed by atoms with van der Waals surface area (Å²) < 4.78 is 2.18. The summed E-state index contributed by atoms with van der Waals surface area (Å²) in [5.74, 6) is 0.627. The molecule has 0 unspecified atom stereocenters. The first-order valence-electron chi connectivity index (χ1n) is 4.81. The zero-order valence-electron chi connectivity index (χ0n) is 9.44. The SMILES string of the molecule is CC(C)CNc1nn(C)c(=O)n(C)c1=O. The standard InChI is InChI=1S/C9H16N4O2/c1-6(2)5-10-7-8(14)12(3)9(15)13(4)11-7/h6H,5H2,1-4H3,(H,10,11). The first-order chi connectivity index (χ1) is 6.93. The highest BCUT2D eigenvalue weighted by molar-refractivity contribution is 5.29. The van der Waals surface area contributed by atoms with Gasteiger partial charge in [-0.15, -0.1) is 5.10 Å². The van der Waals surface area contributed by atoms with Crippen LogP contribution in [0.2, 0.25) is 0 Å². The molecule has 1 rings (SSSR count). The predicted octanol–water partition coefficient (Wildman–Crippen LogP) is -0.453. The average Bonchev–Trinajstić information content (AvgIpc) is 2.18. The Balaban J connectivity index is 3.10. The maximum atomic E-state index is 11.6. The Morgan fingerprint density at radius 1 is 1.33 bits per heavy atom. The number of anilines is 1. The van der Waals surface area contributed by atoms with Gasteiger partial charge in [0.1, 0.15) is 0 Å². The highest BCUT2D eigenvalue weighted by Crippen LogP contribution is 1.94. The molecule has 0 aromatic carbocycles. The predicted molar refractivity (Wildman–Crippen MR) is 58.0 cm³/mol. The summed E-state index contributed by atoms with van der Waals surface area (Å²) in [5, 5.41) is 6.78. The fourth-order valence-electron chi connectivity index (χ4n) is 1.11. The topological polar surface area (TPSA) is 68.9 Å². The van der Waals surface area contributed by atoms with Crippen LogP contribution in [0.1, 0.15) is 13.8 Å². The Bertz CT molecular complexity index is 458. The molecule has 0 aliphatic carbocycles. The molecular formula is C9H16N4O2. The van der Waals surface area contributed by atoms with E-state index in [4.69, 9.17) is 0 Å². The van der Waals surface area contributed by atoms with Crippen molar-refractivity contribution in [3.05, 3.63) is 20.8 Å². The second-order valence-corrected chi connectivity index (χ2v) is 3.89. The van der Waals surface area contributed by atoms with Gasteiger partial charge >= 0.3 is 5.69 Å². The summed E-state index contributed by atoms with van der Waals surface area (Å²) in [7, 11) is 2.95. The molecule has 0 bridgehead atoms. The Hall–Kier alpha value is -1.59. The lowest BCUT2D eigenvalue weighted by Gasteiger charge is -2.09. The van der Waals surface area contributed by atoms with Crippen LogP contribution < -0.4 is 16.6 Å². The van der Waals surface area contributed by atoms with Crippen LogP contribution in [0.3, 0.4) is 0 Å². The van der Waals surface area contributed by atoms with Crippen LogP contribution in [0.5, 0.6) is 0 Å². The van der Waals surface area contributed by atoms with Crippen LogP contribution in [0.15, 0.2) is 9.59 Å². The van der Waals surface area contributed by atoms with Crippen molar-refractivity contribution < 1.29 is 0 Å². The Morgan fingerprint density at radius 2 is 1.93 bits per heavy atom. The van der Waals surface area contributed by atoms with Crippen molar-refractivity contribution >= 4 is 5.82 Å². The van der Waals surface area contributed by atoms with Gasteiger partial charge in [-0.1, -0.05) is 13.8 Å². The largest absolute Gasteiger partial charge is 0.364 e. The molecule has 0 spiro atoms. The fraction of sp³-hybridized carbons (Fsp3) is 0.667. The number of hydrogen-bond acceptors (Lipinski definition) is 4. The second kappa shape index (κ2) is 4.29. The minimum atomic E-state index is -0.421. The van der Waals surface area contributed by atoms with Gasteiger partial charge in [-0.2, -0.15) is 0 Å². The third-order valence-corrected chi connectivity index (χ3v) is 2.00. The van der Waals surface area contributed by atoms with Crippen molar-refractivity contribution in [2.24, 2.45) is 20.0 Å². The number of nitrogens with zero attached hydrogens (tertiary/aromatic N) is 3. The van der Waals surface area contributed by atoms with E-state index in [1.807, 2.05) is 13.8 Å². The normalized spacial score (nSPS) is 10.7. The van der Waals surface area contributed by atoms with Crippen LogP contribution in [0, 0.1) is 5.92 Å². The van der Waals surface area contributed by atoms with E-state index in [2.05, 4.69) is 10.4 Å². The summed E-state index contributed by atoms with van der Waals surface area (Å²) in [4.78, 5) is 22.9. The van der Waals surface area contributed by atoms with Gasteiger partial charge in [0.25, 0.3) is 5.56 Å². The van der Waals surface area contributed by atoms with Gasteiger partial charge in [0.2, 0.25) is 5.82 Å². The van der Waals surface area contributed by atoms with E-state index in [1.54, 1.807) is 0 Å². The zero-order chi connectivity index (χ0) is 11.6. The van der Waals surface area contributed by atoms with Crippen LogP contribution in [-0.2, 0) is 14.1 Å². The van der Waals surface area contributed by atoms with Gasteiger partial charge in [-0.25, -0.2) is 9.48 Å². The van der Waals surface area contributed by atoms with Crippen LogP contribution in [-0.4, -0.2) is 20.9 Å². The van der Waals surface area contributed by atoms with Crippen molar-refractivity contribution in [1.82, 2.24) is 14.3 Å². The van der Waals surface area contributed by atoms with Crippen molar-refractivity contribution in [2.45, 2.75) is 13.8 Å². The van der Waals surface area contributed by atoms with Crippen LogP contribution >= 0.6 is 0 Å².